The van der Waals surface area contributed by atoms with Crippen LogP contribution >= 0.6 is 22.6 Å². The molecule has 0 fully saturated rings. The van der Waals surface area contributed by atoms with Gasteiger partial charge in [-0.25, -0.2) is 19.9 Å². The van der Waals surface area contributed by atoms with Gasteiger partial charge in [0.25, 0.3) is 0 Å². The van der Waals surface area contributed by atoms with E-state index in [4.69, 9.17) is 5.73 Å². The zero-order valence-corrected chi connectivity index (χ0v) is 11.8. The van der Waals surface area contributed by atoms with Crippen molar-refractivity contribution >= 4 is 28.4 Å². The van der Waals surface area contributed by atoms with Crippen molar-refractivity contribution in [2.45, 2.75) is 20.3 Å². The van der Waals surface area contributed by atoms with E-state index in [1.807, 2.05) is 13.8 Å². The van der Waals surface area contributed by atoms with Gasteiger partial charge >= 0.3 is 0 Å². The Kier molecular flexibility index (Phi) is 3.51. The number of aryl methyl sites for hydroxylation is 2. The maximum absolute atomic E-state index is 5.85. The van der Waals surface area contributed by atoms with Crippen molar-refractivity contribution in [1.82, 2.24) is 19.9 Å². The van der Waals surface area contributed by atoms with Gasteiger partial charge in [0.1, 0.15) is 5.82 Å². The molecule has 0 radical (unpaired) electrons. The lowest BCUT2D eigenvalue weighted by Crippen LogP contribution is -2.05. The molecule has 17 heavy (non-hydrogen) atoms. The first-order chi connectivity index (χ1) is 8.11. The average molecular weight is 341 g/mol. The molecule has 5 nitrogen and oxygen atoms in total. The molecule has 0 bridgehead atoms. The molecular formula is C11H12IN5. The summed E-state index contributed by atoms with van der Waals surface area (Å²) in [5.41, 5.74) is 7.78. The number of rotatable bonds is 2. The Balaban J connectivity index is 2.52. The first-order valence-electron chi connectivity index (χ1n) is 5.22. The number of anilines is 1. The molecule has 2 rings (SSSR count). The molecule has 0 aliphatic carbocycles. The predicted octanol–water partition coefficient (Wildman–Crippen LogP) is 1.99. The van der Waals surface area contributed by atoms with Crippen LogP contribution in [0.4, 0.5) is 5.82 Å². The molecule has 0 unspecified atom stereocenters. The first-order valence-corrected chi connectivity index (χ1v) is 6.30. The highest BCUT2D eigenvalue weighted by Gasteiger charge is 2.11. The van der Waals surface area contributed by atoms with Crippen molar-refractivity contribution < 1.29 is 0 Å². The lowest BCUT2D eigenvalue weighted by atomic mass is 10.3. The fourth-order valence-corrected chi connectivity index (χ4v) is 1.98. The Morgan fingerprint density at radius 3 is 2.41 bits per heavy atom. The molecular weight excluding hydrogens is 329 g/mol. The van der Waals surface area contributed by atoms with Crippen LogP contribution in [0.3, 0.4) is 0 Å². The normalized spacial score (nSPS) is 10.5. The van der Waals surface area contributed by atoms with Gasteiger partial charge < -0.3 is 5.73 Å². The smallest absolute Gasteiger partial charge is 0.199 e. The number of hydrogen-bond donors (Lipinski definition) is 1. The molecule has 0 saturated carbocycles. The molecule has 2 heterocycles. The minimum absolute atomic E-state index is 0.483. The van der Waals surface area contributed by atoms with Gasteiger partial charge in [-0.2, -0.15) is 0 Å². The van der Waals surface area contributed by atoms with E-state index in [0.29, 0.717) is 17.5 Å². The second-order valence-electron chi connectivity index (χ2n) is 3.63. The Labute approximate surface area is 113 Å². The number of nitrogens with two attached hydrogens (primary N) is 1. The number of aromatic nitrogens is 4. The lowest BCUT2D eigenvalue weighted by molar-refractivity contribution is 0.972. The number of nitrogen functional groups attached to an aromatic ring is 1. The van der Waals surface area contributed by atoms with E-state index in [1.54, 1.807) is 12.4 Å². The summed E-state index contributed by atoms with van der Waals surface area (Å²) in [5, 5.41) is 0. The zero-order chi connectivity index (χ0) is 12.4. The van der Waals surface area contributed by atoms with E-state index in [0.717, 1.165) is 21.2 Å². The average Bonchev–Trinajstić information content (AvgIpc) is 2.33. The van der Waals surface area contributed by atoms with Crippen LogP contribution < -0.4 is 5.73 Å². The molecule has 0 aliphatic heterocycles. The van der Waals surface area contributed by atoms with Gasteiger partial charge in [0, 0.05) is 12.4 Å². The second-order valence-corrected chi connectivity index (χ2v) is 4.71. The van der Waals surface area contributed by atoms with E-state index >= 15 is 0 Å². The van der Waals surface area contributed by atoms with Gasteiger partial charge in [-0.15, -0.1) is 0 Å². The third-order valence-corrected chi connectivity index (χ3v) is 3.44. The molecule has 88 valence electrons. The highest BCUT2D eigenvalue weighted by Crippen LogP contribution is 2.20. The third-order valence-electron chi connectivity index (χ3n) is 2.26. The number of nitrogens with zero attached hydrogens (tertiary/aromatic N) is 4. The minimum Gasteiger partial charge on any atom is -0.383 e. The van der Waals surface area contributed by atoms with Crippen molar-refractivity contribution in [3.05, 3.63) is 27.2 Å². The van der Waals surface area contributed by atoms with Gasteiger partial charge in [0.05, 0.1) is 9.26 Å². The van der Waals surface area contributed by atoms with Crippen LogP contribution in [0.15, 0.2) is 12.4 Å². The molecule has 0 atom stereocenters. The van der Waals surface area contributed by atoms with Gasteiger partial charge in [0.2, 0.25) is 0 Å². The highest BCUT2D eigenvalue weighted by molar-refractivity contribution is 14.1. The molecule has 0 aromatic carbocycles. The topological polar surface area (TPSA) is 77.6 Å². The molecule has 0 aliphatic rings. The maximum atomic E-state index is 5.85. The van der Waals surface area contributed by atoms with Crippen molar-refractivity contribution in [1.29, 1.82) is 0 Å². The van der Waals surface area contributed by atoms with Crippen LogP contribution in [0.2, 0.25) is 0 Å². The van der Waals surface area contributed by atoms with Crippen molar-refractivity contribution in [2.75, 3.05) is 5.73 Å². The molecule has 0 amide bonds. The fourth-order valence-electron chi connectivity index (χ4n) is 1.36. The Hall–Kier alpha value is -1.31. The molecule has 0 saturated heterocycles. The van der Waals surface area contributed by atoms with Crippen LogP contribution in [0.1, 0.15) is 18.2 Å². The van der Waals surface area contributed by atoms with Crippen LogP contribution in [-0.2, 0) is 6.42 Å². The van der Waals surface area contributed by atoms with E-state index < -0.39 is 0 Å². The minimum atomic E-state index is 0.483. The third kappa shape index (κ3) is 2.51. The summed E-state index contributed by atoms with van der Waals surface area (Å²) in [5.74, 6) is 1.48. The van der Waals surface area contributed by atoms with Crippen molar-refractivity contribution in [2.24, 2.45) is 0 Å². The number of halogens is 1. The van der Waals surface area contributed by atoms with E-state index in [9.17, 15) is 0 Å². The first kappa shape index (κ1) is 12.2. The molecule has 0 spiro atoms. The van der Waals surface area contributed by atoms with Crippen LogP contribution in [0.25, 0.3) is 11.6 Å². The standard InChI is InChI=1S/C11H12IN5/c1-3-7-8(12)9(13)17-11(16-7)10-14-4-6(2)5-15-10/h4-5H,3H2,1-2H3,(H2,13,16,17). The summed E-state index contributed by atoms with van der Waals surface area (Å²) in [7, 11) is 0. The Bertz CT molecular complexity index is 538. The summed E-state index contributed by atoms with van der Waals surface area (Å²) in [6.45, 7) is 3.97. The Morgan fingerprint density at radius 2 is 1.82 bits per heavy atom. The van der Waals surface area contributed by atoms with Crippen LogP contribution in [-0.4, -0.2) is 19.9 Å². The summed E-state index contributed by atoms with van der Waals surface area (Å²) in [6.07, 6.45) is 4.29. The fraction of sp³-hybridized carbons (Fsp3) is 0.273. The lowest BCUT2D eigenvalue weighted by Gasteiger charge is -2.06. The molecule has 2 aromatic heterocycles. The maximum Gasteiger partial charge on any atom is 0.199 e. The second kappa shape index (κ2) is 4.91. The summed E-state index contributed by atoms with van der Waals surface area (Å²) in [4.78, 5) is 17.0. The van der Waals surface area contributed by atoms with Gasteiger partial charge in [-0.1, -0.05) is 6.92 Å². The largest absolute Gasteiger partial charge is 0.383 e. The monoisotopic (exact) mass is 341 g/mol. The molecule has 2 N–H and O–H groups in total. The SMILES string of the molecule is CCc1nc(-c2ncc(C)cn2)nc(N)c1I. The van der Waals surface area contributed by atoms with Gasteiger partial charge in [-0.05, 0) is 41.5 Å². The van der Waals surface area contributed by atoms with E-state index in [1.165, 1.54) is 0 Å². The van der Waals surface area contributed by atoms with Gasteiger partial charge in [-0.3, -0.25) is 0 Å². The number of hydrogen-bond acceptors (Lipinski definition) is 5. The van der Waals surface area contributed by atoms with Crippen LogP contribution in [0, 0.1) is 10.5 Å². The highest BCUT2D eigenvalue weighted by atomic mass is 127. The van der Waals surface area contributed by atoms with E-state index in [-0.39, 0.29) is 0 Å². The van der Waals surface area contributed by atoms with Crippen molar-refractivity contribution in [3.63, 3.8) is 0 Å². The predicted molar refractivity (Wildman–Crippen MR) is 74.3 cm³/mol. The quantitative estimate of drug-likeness (QED) is 0.846. The summed E-state index contributed by atoms with van der Waals surface area (Å²) >= 11 is 2.16. The Morgan fingerprint density at radius 1 is 1.18 bits per heavy atom. The van der Waals surface area contributed by atoms with Crippen LogP contribution in [0.5, 0.6) is 0 Å². The van der Waals surface area contributed by atoms with Gasteiger partial charge in [0.15, 0.2) is 11.6 Å². The molecule has 6 heteroatoms. The zero-order valence-electron chi connectivity index (χ0n) is 9.61. The van der Waals surface area contributed by atoms with E-state index in [2.05, 4.69) is 42.5 Å². The van der Waals surface area contributed by atoms with Crippen molar-refractivity contribution in [3.8, 4) is 11.6 Å². The summed E-state index contributed by atoms with van der Waals surface area (Å²) < 4.78 is 0.904. The summed E-state index contributed by atoms with van der Waals surface area (Å²) in [6, 6.07) is 0. The molecule has 2 aromatic rings.